The zero-order valence-corrected chi connectivity index (χ0v) is 18.4. The smallest absolute Gasteiger partial charge is 0.223 e. The molecule has 1 aliphatic carbocycles. The molecular weight excluding hydrogens is 425 g/mol. The molecule has 164 valence electrons. The highest BCUT2D eigenvalue weighted by molar-refractivity contribution is 6.33. The van der Waals surface area contributed by atoms with Gasteiger partial charge < -0.3 is 16.0 Å². The number of benzene rings is 2. The molecule has 5 rings (SSSR count). The van der Waals surface area contributed by atoms with E-state index < -0.39 is 0 Å². The van der Waals surface area contributed by atoms with Crippen LogP contribution in [-0.4, -0.2) is 21.0 Å². The summed E-state index contributed by atoms with van der Waals surface area (Å²) in [5.41, 5.74) is 11.6. The molecule has 0 radical (unpaired) electrons. The van der Waals surface area contributed by atoms with Gasteiger partial charge in [0.05, 0.1) is 22.9 Å². The van der Waals surface area contributed by atoms with Gasteiger partial charge in [0.15, 0.2) is 0 Å². The lowest BCUT2D eigenvalue weighted by molar-refractivity contribution is 0.397. The van der Waals surface area contributed by atoms with Crippen molar-refractivity contribution in [2.45, 2.75) is 44.2 Å². The molecule has 32 heavy (non-hydrogen) atoms. The number of hydrogen-bond donors (Lipinski definition) is 3. The third kappa shape index (κ3) is 4.08. The van der Waals surface area contributed by atoms with Crippen LogP contribution >= 0.6 is 11.6 Å². The van der Waals surface area contributed by atoms with Crippen LogP contribution in [0.5, 0.6) is 0 Å². The predicted octanol–water partition coefficient (Wildman–Crippen LogP) is 6.01. The topological polar surface area (TPSA) is 79.6 Å². The van der Waals surface area contributed by atoms with Gasteiger partial charge in [-0.05, 0) is 43.7 Å². The van der Waals surface area contributed by atoms with Crippen LogP contribution in [0, 0.1) is 5.82 Å². The molecule has 0 bridgehead atoms. The Morgan fingerprint density at radius 3 is 2.59 bits per heavy atom. The average molecular weight is 450 g/mol. The molecule has 5 nitrogen and oxygen atoms in total. The Bertz CT molecular complexity index is 1250. The van der Waals surface area contributed by atoms with E-state index in [0.29, 0.717) is 29.0 Å². The summed E-state index contributed by atoms with van der Waals surface area (Å²) in [5, 5.41) is 3.86. The van der Waals surface area contributed by atoms with Gasteiger partial charge in [0.25, 0.3) is 0 Å². The van der Waals surface area contributed by atoms with Crippen molar-refractivity contribution in [3.05, 3.63) is 76.7 Å². The molecule has 4 N–H and O–H groups in total. The fraction of sp³-hybridized carbons (Fsp3) is 0.280. The Labute approximate surface area is 191 Å². The zero-order chi connectivity index (χ0) is 22.1. The maximum atomic E-state index is 14.0. The van der Waals surface area contributed by atoms with E-state index in [2.05, 4.69) is 15.3 Å². The average Bonchev–Trinajstić information content (AvgIpc) is 3.18. The third-order valence-electron chi connectivity index (χ3n) is 6.29. The molecule has 2 aromatic carbocycles. The van der Waals surface area contributed by atoms with E-state index >= 15 is 0 Å². The monoisotopic (exact) mass is 449 g/mol. The molecule has 1 aliphatic rings. The highest BCUT2D eigenvalue weighted by Gasteiger charge is 2.27. The predicted molar refractivity (Wildman–Crippen MR) is 127 cm³/mol. The first-order valence-electron chi connectivity index (χ1n) is 11.0. The molecule has 0 spiro atoms. The Kier molecular flexibility index (Phi) is 5.81. The maximum Gasteiger partial charge on any atom is 0.223 e. The molecule has 0 unspecified atom stereocenters. The van der Waals surface area contributed by atoms with Gasteiger partial charge in [-0.1, -0.05) is 48.0 Å². The molecule has 1 fully saturated rings. The van der Waals surface area contributed by atoms with Crippen molar-refractivity contribution in [3.8, 4) is 11.3 Å². The first kappa shape index (κ1) is 20.9. The van der Waals surface area contributed by atoms with Crippen molar-refractivity contribution < 1.29 is 4.39 Å². The molecule has 2 aromatic heterocycles. The second-order valence-electron chi connectivity index (χ2n) is 8.41. The summed E-state index contributed by atoms with van der Waals surface area (Å²) >= 11 is 6.56. The zero-order valence-electron chi connectivity index (χ0n) is 17.6. The van der Waals surface area contributed by atoms with E-state index in [1.807, 2.05) is 30.3 Å². The molecule has 7 heteroatoms. The van der Waals surface area contributed by atoms with Gasteiger partial charge in [0.1, 0.15) is 5.82 Å². The molecule has 4 aromatic rings. The number of nitrogens with two attached hydrogens (primary N) is 1. The molecule has 2 heterocycles. The van der Waals surface area contributed by atoms with Crippen LogP contribution in [0.1, 0.15) is 42.7 Å². The van der Waals surface area contributed by atoms with E-state index in [-0.39, 0.29) is 11.9 Å². The number of fused-ring (bicyclic) bond motifs is 1. The van der Waals surface area contributed by atoms with Gasteiger partial charge in [-0.15, -0.1) is 0 Å². The normalized spacial score (nSPS) is 18.7. The van der Waals surface area contributed by atoms with E-state index in [0.717, 1.165) is 53.5 Å². The second kappa shape index (κ2) is 8.88. The van der Waals surface area contributed by atoms with Gasteiger partial charge in [0.2, 0.25) is 5.95 Å². The van der Waals surface area contributed by atoms with Crippen LogP contribution in [0.25, 0.3) is 22.3 Å². The number of nitrogens with one attached hydrogen (secondary N) is 2. The number of aromatic nitrogens is 3. The van der Waals surface area contributed by atoms with Crippen LogP contribution in [-0.2, 0) is 6.54 Å². The summed E-state index contributed by atoms with van der Waals surface area (Å²) in [6.07, 6.45) is 5.77. The van der Waals surface area contributed by atoms with Crippen molar-refractivity contribution >= 4 is 28.6 Å². The van der Waals surface area contributed by atoms with E-state index in [9.17, 15) is 4.39 Å². The highest BCUT2D eigenvalue weighted by atomic mass is 35.5. The van der Waals surface area contributed by atoms with E-state index in [1.165, 1.54) is 6.07 Å². The van der Waals surface area contributed by atoms with Gasteiger partial charge in [-0.25, -0.2) is 14.4 Å². The summed E-state index contributed by atoms with van der Waals surface area (Å²) in [4.78, 5) is 12.8. The third-order valence-corrected chi connectivity index (χ3v) is 6.62. The fourth-order valence-electron chi connectivity index (χ4n) is 4.58. The van der Waals surface area contributed by atoms with Gasteiger partial charge in [0, 0.05) is 34.3 Å². The minimum Gasteiger partial charge on any atom is -0.352 e. The summed E-state index contributed by atoms with van der Waals surface area (Å²) in [6.45, 7) is 0.313. The lowest BCUT2D eigenvalue weighted by Gasteiger charge is -2.26. The van der Waals surface area contributed by atoms with E-state index in [1.54, 1.807) is 18.3 Å². The van der Waals surface area contributed by atoms with Crippen LogP contribution in [0.4, 0.5) is 10.3 Å². The number of rotatable bonds is 5. The SMILES string of the molecule is NC1CCC(c2c(-c3ccccc3Cl)[nH]c3cnc(NCc4ccccc4F)nc23)CC1. The molecule has 0 amide bonds. The second-order valence-corrected chi connectivity index (χ2v) is 8.81. The van der Waals surface area contributed by atoms with Crippen molar-refractivity contribution in [2.24, 2.45) is 5.73 Å². The molecule has 1 saturated carbocycles. The fourth-order valence-corrected chi connectivity index (χ4v) is 4.81. The molecule has 0 aliphatic heterocycles. The van der Waals surface area contributed by atoms with Crippen molar-refractivity contribution in [3.63, 3.8) is 0 Å². The van der Waals surface area contributed by atoms with E-state index in [4.69, 9.17) is 22.3 Å². The van der Waals surface area contributed by atoms with Crippen molar-refractivity contribution in [1.29, 1.82) is 0 Å². The molecule has 0 saturated heterocycles. The van der Waals surface area contributed by atoms with Crippen molar-refractivity contribution in [1.82, 2.24) is 15.0 Å². The summed E-state index contributed by atoms with van der Waals surface area (Å²) in [7, 11) is 0. The van der Waals surface area contributed by atoms with Gasteiger partial charge in [-0.2, -0.15) is 0 Å². The number of aromatic amines is 1. The lowest BCUT2D eigenvalue weighted by Crippen LogP contribution is -2.25. The first-order valence-corrected chi connectivity index (χ1v) is 11.3. The van der Waals surface area contributed by atoms with Gasteiger partial charge >= 0.3 is 0 Å². The lowest BCUT2D eigenvalue weighted by atomic mass is 9.81. The highest BCUT2D eigenvalue weighted by Crippen LogP contribution is 2.43. The summed E-state index contributed by atoms with van der Waals surface area (Å²) < 4.78 is 14.0. The number of hydrogen-bond acceptors (Lipinski definition) is 4. The van der Waals surface area contributed by atoms with Crippen LogP contribution in [0.2, 0.25) is 5.02 Å². The molecule has 0 atom stereocenters. The Balaban J connectivity index is 1.56. The van der Waals surface area contributed by atoms with Crippen molar-refractivity contribution in [2.75, 3.05) is 5.32 Å². The minimum absolute atomic E-state index is 0.247. The Morgan fingerprint density at radius 2 is 1.81 bits per heavy atom. The summed E-state index contributed by atoms with van der Waals surface area (Å²) in [6, 6.07) is 14.8. The standard InChI is InChI=1S/C25H25ClFN5/c26-19-7-3-2-6-18(19)23-22(15-9-11-17(28)12-10-15)24-21(31-23)14-30-25(32-24)29-13-16-5-1-4-8-20(16)27/h1-8,14-15,17,31H,9-13,28H2,(H,29,30,32). The van der Waals surface area contributed by atoms with Crippen LogP contribution in [0.15, 0.2) is 54.7 Å². The van der Waals surface area contributed by atoms with Crippen LogP contribution in [0.3, 0.4) is 0 Å². The minimum atomic E-state index is -0.247. The molecular formula is C25H25ClFN5. The number of halogens is 2. The van der Waals surface area contributed by atoms with Gasteiger partial charge in [-0.3, -0.25) is 0 Å². The number of nitrogens with zero attached hydrogens (tertiary/aromatic N) is 2. The largest absolute Gasteiger partial charge is 0.352 e. The number of anilines is 1. The quantitative estimate of drug-likeness (QED) is 0.348. The Hall–Kier alpha value is -2.96. The first-order chi connectivity index (χ1) is 15.6. The van der Waals surface area contributed by atoms with Crippen LogP contribution < -0.4 is 11.1 Å². The Morgan fingerprint density at radius 1 is 1.06 bits per heavy atom. The number of H-pyrrole nitrogens is 1. The summed E-state index contributed by atoms with van der Waals surface area (Å²) in [5.74, 6) is 0.561. The maximum absolute atomic E-state index is 14.0.